The second kappa shape index (κ2) is 10.2. The van der Waals surface area contributed by atoms with E-state index in [2.05, 4.69) is 20.7 Å². The van der Waals surface area contributed by atoms with Gasteiger partial charge in [0.25, 0.3) is 5.91 Å². The van der Waals surface area contributed by atoms with Crippen LogP contribution in [0, 0.1) is 22.6 Å². The Labute approximate surface area is 173 Å². The van der Waals surface area contributed by atoms with Gasteiger partial charge in [0, 0.05) is 30.9 Å². The number of nitrogens with zero attached hydrogens (tertiary/aromatic N) is 4. The summed E-state index contributed by atoms with van der Waals surface area (Å²) in [4.78, 5) is 31.2. The number of nitrogens with one attached hydrogen (secondary N) is 2. The fraction of sp³-hybridized carbons (Fsp3) is 0.350. The van der Waals surface area contributed by atoms with Crippen molar-refractivity contribution in [3.8, 4) is 6.07 Å². The Bertz CT molecular complexity index is 927. The Morgan fingerprint density at radius 2 is 1.97 bits per heavy atom. The van der Waals surface area contributed by atoms with E-state index >= 15 is 0 Å². The van der Waals surface area contributed by atoms with Gasteiger partial charge in [-0.05, 0) is 42.5 Å². The Kier molecular flexibility index (Phi) is 7.63. The number of carbonyl (C=O) groups is 2. The number of benzene rings is 1. The SMILES string of the molecule is CC(C)(CCCNC(=O)O)CN(NC(=O)c1ccc(F)cc1)c1ccnc(C#N)n1. The van der Waals surface area contributed by atoms with Gasteiger partial charge in [0.05, 0.1) is 0 Å². The van der Waals surface area contributed by atoms with Crippen molar-refractivity contribution in [1.82, 2.24) is 20.7 Å². The van der Waals surface area contributed by atoms with Crippen LogP contribution in [0.1, 0.15) is 42.9 Å². The summed E-state index contributed by atoms with van der Waals surface area (Å²) < 4.78 is 13.1. The highest BCUT2D eigenvalue weighted by Crippen LogP contribution is 2.25. The quantitative estimate of drug-likeness (QED) is 0.425. The maximum absolute atomic E-state index is 13.1. The lowest BCUT2D eigenvalue weighted by atomic mass is 9.87. The van der Waals surface area contributed by atoms with Crippen molar-refractivity contribution in [3.63, 3.8) is 0 Å². The van der Waals surface area contributed by atoms with E-state index in [-0.39, 0.29) is 16.8 Å². The Morgan fingerprint density at radius 3 is 2.60 bits per heavy atom. The summed E-state index contributed by atoms with van der Waals surface area (Å²) in [7, 11) is 0. The van der Waals surface area contributed by atoms with Gasteiger partial charge in [0.2, 0.25) is 5.82 Å². The van der Waals surface area contributed by atoms with E-state index in [1.54, 1.807) is 6.07 Å². The molecule has 0 saturated heterocycles. The van der Waals surface area contributed by atoms with Gasteiger partial charge in [-0.2, -0.15) is 10.2 Å². The molecule has 0 aliphatic heterocycles. The lowest BCUT2D eigenvalue weighted by Crippen LogP contribution is -2.47. The minimum absolute atomic E-state index is 0.0444. The van der Waals surface area contributed by atoms with Gasteiger partial charge in [-0.25, -0.2) is 14.2 Å². The average molecular weight is 414 g/mol. The zero-order valence-electron chi connectivity index (χ0n) is 16.7. The molecule has 0 unspecified atom stereocenters. The minimum Gasteiger partial charge on any atom is -0.465 e. The first-order valence-electron chi connectivity index (χ1n) is 9.24. The molecule has 0 spiro atoms. The zero-order valence-corrected chi connectivity index (χ0v) is 16.7. The predicted octanol–water partition coefficient (Wildman–Crippen LogP) is 2.71. The Morgan fingerprint density at radius 1 is 1.27 bits per heavy atom. The number of hydrogen-bond acceptors (Lipinski definition) is 6. The number of carboxylic acid groups (broad SMARTS) is 1. The van der Waals surface area contributed by atoms with Gasteiger partial charge < -0.3 is 10.4 Å². The third kappa shape index (κ3) is 7.01. The van der Waals surface area contributed by atoms with Crippen LogP contribution in [0.5, 0.6) is 0 Å². The van der Waals surface area contributed by atoms with Crippen LogP contribution in [0.25, 0.3) is 0 Å². The van der Waals surface area contributed by atoms with Gasteiger partial charge in [-0.3, -0.25) is 15.2 Å². The van der Waals surface area contributed by atoms with Crippen molar-refractivity contribution < 1.29 is 19.1 Å². The molecule has 1 aromatic heterocycles. The molecule has 9 nitrogen and oxygen atoms in total. The van der Waals surface area contributed by atoms with Crippen molar-refractivity contribution in [2.75, 3.05) is 18.1 Å². The third-order valence-corrected chi connectivity index (χ3v) is 4.25. The van der Waals surface area contributed by atoms with E-state index in [4.69, 9.17) is 10.4 Å². The van der Waals surface area contributed by atoms with Crippen LogP contribution >= 0.6 is 0 Å². The second-order valence-electron chi connectivity index (χ2n) is 7.38. The average Bonchev–Trinajstić information content (AvgIpc) is 2.71. The Hall–Kier alpha value is -3.74. The molecule has 2 rings (SSSR count). The van der Waals surface area contributed by atoms with Gasteiger partial charge in [0.15, 0.2) is 5.82 Å². The first-order chi connectivity index (χ1) is 14.2. The van der Waals surface area contributed by atoms with Crippen LogP contribution in [-0.2, 0) is 0 Å². The molecule has 0 fully saturated rings. The predicted molar refractivity (Wildman–Crippen MR) is 107 cm³/mol. The van der Waals surface area contributed by atoms with E-state index in [1.165, 1.54) is 35.5 Å². The lowest BCUT2D eigenvalue weighted by Gasteiger charge is -2.33. The summed E-state index contributed by atoms with van der Waals surface area (Å²) in [5, 5.41) is 21.6. The topological polar surface area (TPSA) is 131 Å². The van der Waals surface area contributed by atoms with Crippen LogP contribution in [0.15, 0.2) is 36.5 Å². The summed E-state index contributed by atoms with van der Waals surface area (Å²) in [6, 6.07) is 8.54. The second-order valence-corrected chi connectivity index (χ2v) is 7.38. The van der Waals surface area contributed by atoms with E-state index in [0.717, 1.165) is 0 Å². The summed E-state index contributed by atoms with van der Waals surface area (Å²) in [5.74, 6) is -0.629. The van der Waals surface area contributed by atoms with Crippen LogP contribution in [0.4, 0.5) is 15.0 Å². The molecular formula is C20H23FN6O3. The zero-order chi connectivity index (χ0) is 22.1. The monoisotopic (exact) mass is 414 g/mol. The number of amides is 2. The number of hydrazine groups is 1. The van der Waals surface area contributed by atoms with Crippen molar-refractivity contribution >= 4 is 17.8 Å². The number of rotatable bonds is 9. The summed E-state index contributed by atoms with van der Waals surface area (Å²) in [6.07, 6.45) is 1.60. The molecule has 2 aromatic rings. The van der Waals surface area contributed by atoms with E-state index < -0.39 is 17.8 Å². The molecule has 1 heterocycles. The fourth-order valence-corrected chi connectivity index (χ4v) is 2.79. The van der Waals surface area contributed by atoms with Crippen molar-refractivity contribution in [1.29, 1.82) is 5.26 Å². The maximum atomic E-state index is 13.1. The normalized spacial score (nSPS) is 10.7. The minimum atomic E-state index is -1.08. The van der Waals surface area contributed by atoms with Gasteiger partial charge >= 0.3 is 6.09 Å². The molecule has 0 atom stereocenters. The molecule has 3 N–H and O–H groups in total. The molecule has 0 aliphatic carbocycles. The summed E-state index contributed by atoms with van der Waals surface area (Å²) >= 11 is 0. The van der Waals surface area contributed by atoms with Gasteiger partial charge in [-0.1, -0.05) is 13.8 Å². The van der Waals surface area contributed by atoms with Crippen molar-refractivity contribution in [3.05, 3.63) is 53.7 Å². The van der Waals surface area contributed by atoms with Gasteiger partial charge in [-0.15, -0.1) is 0 Å². The number of aromatic nitrogens is 2. The molecular weight excluding hydrogens is 391 g/mol. The third-order valence-electron chi connectivity index (χ3n) is 4.25. The van der Waals surface area contributed by atoms with E-state index in [1.807, 2.05) is 19.9 Å². The summed E-state index contributed by atoms with van der Waals surface area (Å²) in [5.41, 5.74) is 2.67. The highest BCUT2D eigenvalue weighted by molar-refractivity contribution is 5.95. The standard InChI is InChI=1S/C20H23FN6O3/c1-20(2,9-3-10-24-19(29)30)13-27(17-8-11-23-16(12-22)25-17)26-18(28)14-4-6-15(21)7-5-14/h4-8,11,24H,3,9-10,13H2,1-2H3,(H,26,28)(H,29,30). The highest BCUT2D eigenvalue weighted by Gasteiger charge is 2.25. The van der Waals surface area contributed by atoms with Crippen LogP contribution in [0.3, 0.4) is 0 Å². The smallest absolute Gasteiger partial charge is 0.404 e. The van der Waals surface area contributed by atoms with Crippen LogP contribution < -0.4 is 15.8 Å². The number of nitriles is 1. The number of hydrogen-bond donors (Lipinski definition) is 3. The number of carbonyl (C=O) groups excluding carboxylic acids is 1. The summed E-state index contributed by atoms with van der Waals surface area (Å²) in [6.45, 7) is 4.58. The molecule has 0 bridgehead atoms. The number of anilines is 1. The molecule has 1 aromatic carbocycles. The van der Waals surface area contributed by atoms with Crippen molar-refractivity contribution in [2.24, 2.45) is 5.41 Å². The molecule has 0 saturated carbocycles. The molecule has 158 valence electrons. The van der Waals surface area contributed by atoms with Crippen LogP contribution in [-0.4, -0.2) is 40.2 Å². The molecule has 0 radical (unpaired) electrons. The van der Waals surface area contributed by atoms with Gasteiger partial charge in [0.1, 0.15) is 11.9 Å². The molecule has 0 aliphatic rings. The lowest BCUT2D eigenvalue weighted by molar-refractivity contribution is 0.0943. The number of halogens is 1. The maximum Gasteiger partial charge on any atom is 0.404 e. The van der Waals surface area contributed by atoms with Crippen molar-refractivity contribution in [2.45, 2.75) is 26.7 Å². The Balaban J connectivity index is 2.18. The van der Waals surface area contributed by atoms with Crippen LogP contribution in [0.2, 0.25) is 0 Å². The molecule has 10 heteroatoms. The fourth-order valence-electron chi connectivity index (χ4n) is 2.79. The van der Waals surface area contributed by atoms with E-state index in [0.29, 0.717) is 31.7 Å². The first-order valence-corrected chi connectivity index (χ1v) is 9.24. The highest BCUT2D eigenvalue weighted by atomic mass is 19.1. The largest absolute Gasteiger partial charge is 0.465 e. The molecule has 30 heavy (non-hydrogen) atoms. The first kappa shape index (κ1) is 22.5. The van der Waals surface area contributed by atoms with E-state index in [9.17, 15) is 14.0 Å². The molecule has 2 amide bonds.